The zero-order valence-electron chi connectivity index (χ0n) is 16.3. The van der Waals surface area contributed by atoms with Gasteiger partial charge in [-0.25, -0.2) is 9.98 Å². The summed E-state index contributed by atoms with van der Waals surface area (Å²) in [5.41, 5.74) is 1.12. The van der Waals surface area contributed by atoms with Gasteiger partial charge in [0.05, 0.1) is 19.3 Å². The van der Waals surface area contributed by atoms with Crippen molar-refractivity contribution in [3.63, 3.8) is 0 Å². The van der Waals surface area contributed by atoms with Crippen LogP contribution < -0.4 is 15.5 Å². The molecule has 1 aromatic heterocycles. The maximum atomic E-state index is 5.59. The van der Waals surface area contributed by atoms with Crippen LogP contribution in [0, 0.1) is 0 Å². The van der Waals surface area contributed by atoms with E-state index in [1.165, 1.54) is 18.6 Å². The molecule has 2 N–H and O–H groups in total. The zero-order valence-corrected chi connectivity index (χ0v) is 17.1. The van der Waals surface area contributed by atoms with Gasteiger partial charge < -0.3 is 20.3 Å². The van der Waals surface area contributed by atoms with Crippen molar-refractivity contribution in [3.05, 3.63) is 23.9 Å². The van der Waals surface area contributed by atoms with Crippen LogP contribution in [0.3, 0.4) is 0 Å². The van der Waals surface area contributed by atoms with Gasteiger partial charge in [-0.1, -0.05) is 6.07 Å². The Hall–Kier alpha value is -1.47. The standard InChI is InChI=1S/C19H33N5OS/c1-4-20-19(21-9-5-6-12-26-3)23-14-17-7-8-18(22-13-17)24-10-11-25-16(2)15-24/h7-8,13,16H,4-6,9-12,14-15H2,1-3H3,(H2,20,21,23). The molecule has 0 amide bonds. The molecule has 2 rings (SSSR count). The lowest BCUT2D eigenvalue weighted by molar-refractivity contribution is 0.0529. The van der Waals surface area contributed by atoms with E-state index in [9.17, 15) is 0 Å². The van der Waals surface area contributed by atoms with Crippen molar-refractivity contribution in [1.29, 1.82) is 0 Å². The maximum absolute atomic E-state index is 5.59. The lowest BCUT2D eigenvalue weighted by Gasteiger charge is -2.32. The number of nitrogens with one attached hydrogen (secondary N) is 2. The van der Waals surface area contributed by atoms with Gasteiger partial charge in [0, 0.05) is 32.4 Å². The van der Waals surface area contributed by atoms with Gasteiger partial charge in [-0.05, 0) is 50.3 Å². The van der Waals surface area contributed by atoms with Crippen molar-refractivity contribution in [2.75, 3.05) is 49.7 Å². The summed E-state index contributed by atoms with van der Waals surface area (Å²) in [7, 11) is 0. The third-order valence-corrected chi connectivity index (χ3v) is 4.90. The Morgan fingerprint density at radius 2 is 2.27 bits per heavy atom. The number of hydrogen-bond donors (Lipinski definition) is 2. The summed E-state index contributed by atoms with van der Waals surface area (Å²) >= 11 is 1.90. The van der Waals surface area contributed by atoms with Crippen LogP contribution in [0.5, 0.6) is 0 Å². The fourth-order valence-electron chi connectivity index (χ4n) is 2.81. The number of pyridine rings is 1. The van der Waals surface area contributed by atoms with Crippen LogP contribution in [-0.2, 0) is 11.3 Å². The Kier molecular flexibility index (Phi) is 9.63. The summed E-state index contributed by atoms with van der Waals surface area (Å²) in [6.45, 7) is 9.21. The molecule has 1 saturated heterocycles. The molecule has 0 saturated carbocycles. The first-order valence-corrected chi connectivity index (χ1v) is 10.9. The molecule has 1 atom stereocenters. The number of rotatable bonds is 9. The predicted octanol–water partition coefficient (Wildman–Crippen LogP) is 2.51. The number of morpholine rings is 1. The third kappa shape index (κ3) is 7.41. The number of nitrogens with zero attached hydrogens (tertiary/aromatic N) is 3. The van der Waals surface area contributed by atoms with E-state index in [-0.39, 0.29) is 6.10 Å². The highest BCUT2D eigenvalue weighted by Gasteiger charge is 2.17. The van der Waals surface area contributed by atoms with Crippen molar-refractivity contribution >= 4 is 23.5 Å². The minimum absolute atomic E-state index is 0.263. The van der Waals surface area contributed by atoms with Gasteiger partial charge in [-0.15, -0.1) is 0 Å². The lowest BCUT2D eigenvalue weighted by Crippen LogP contribution is -2.41. The van der Waals surface area contributed by atoms with Crippen molar-refractivity contribution < 1.29 is 4.74 Å². The van der Waals surface area contributed by atoms with Gasteiger partial charge in [0.1, 0.15) is 5.82 Å². The molecule has 146 valence electrons. The second kappa shape index (κ2) is 12.0. The number of guanidine groups is 1. The monoisotopic (exact) mass is 379 g/mol. The second-order valence-corrected chi connectivity index (χ2v) is 7.46. The smallest absolute Gasteiger partial charge is 0.191 e. The quantitative estimate of drug-likeness (QED) is 0.391. The molecule has 0 spiro atoms. The van der Waals surface area contributed by atoms with E-state index in [1.807, 2.05) is 18.0 Å². The molecule has 26 heavy (non-hydrogen) atoms. The molecule has 1 unspecified atom stereocenters. The van der Waals surface area contributed by atoms with Crippen LogP contribution in [0.15, 0.2) is 23.3 Å². The largest absolute Gasteiger partial charge is 0.375 e. The molecular weight excluding hydrogens is 346 g/mol. The molecule has 1 aliphatic rings. The Morgan fingerprint density at radius 3 is 2.96 bits per heavy atom. The number of thioether (sulfide) groups is 1. The van der Waals surface area contributed by atoms with Gasteiger partial charge in [0.2, 0.25) is 0 Å². The second-order valence-electron chi connectivity index (χ2n) is 6.47. The van der Waals surface area contributed by atoms with E-state index in [1.54, 1.807) is 0 Å². The van der Waals surface area contributed by atoms with E-state index in [4.69, 9.17) is 4.74 Å². The Morgan fingerprint density at radius 1 is 1.38 bits per heavy atom. The lowest BCUT2D eigenvalue weighted by atomic mass is 10.2. The molecule has 6 nitrogen and oxygen atoms in total. The molecule has 0 aliphatic carbocycles. The van der Waals surface area contributed by atoms with Crippen LogP contribution >= 0.6 is 11.8 Å². The minimum atomic E-state index is 0.263. The SMILES string of the molecule is CCNC(=NCc1ccc(N2CCOC(C)C2)nc1)NCCCCSC. The molecule has 0 radical (unpaired) electrons. The average molecular weight is 380 g/mol. The van der Waals surface area contributed by atoms with Gasteiger partial charge in [-0.3, -0.25) is 0 Å². The Labute approximate surface area is 162 Å². The highest BCUT2D eigenvalue weighted by Crippen LogP contribution is 2.15. The van der Waals surface area contributed by atoms with Crippen molar-refractivity contribution in [3.8, 4) is 0 Å². The highest BCUT2D eigenvalue weighted by atomic mass is 32.2. The summed E-state index contributed by atoms with van der Waals surface area (Å²) in [6.07, 6.45) is 6.75. The van der Waals surface area contributed by atoms with Gasteiger partial charge in [0.25, 0.3) is 0 Å². The normalized spacial score (nSPS) is 18.0. The van der Waals surface area contributed by atoms with E-state index in [2.05, 4.69) is 57.7 Å². The van der Waals surface area contributed by atoms with E-state index >= 15 is 0 Å². The molecule has 1 fully saturated rings. The summed E-state index contributed by atoms with van der Waals surface area (Å²) in [6, 6.07) is 4.21. The van der Waals surface area contributed by atoms with E-state index < -0.39 is 0 Å². The number of hydrogen-bond acceptors (Lipinski definition) is 5. The number of anilines is 1. The number of aromatic nitrogens is 1. The van der Waals surface area contributed by atoms with Crippen molar-refractivity contribution in [2.45, 2.75) is 39.3 Å². The molecular formula is C19H33N5OS. The Bertz CT molecular complexity index is 537. The predicted molar refractivity (Wildman–Crippen MR) is 112 cm³/mol. The fourth-order valence-corrected chi connectivity index (χ4v) is 3.31. The average Bonchev–Trinajstić information content (AvgIpc) is 2.66. The van der Waals surface area contributed by atoms with Gasteiger partial charge in [-0.2, -0.15) is 11.8 Å². The van der Waals surface area contributed by atoms with Crippen LogP contribution in [0.4, 0.5) is 5.82 Å². The van der Waals surface area contributed by atoms with Crippen LogP contribution in [0.2, 0.25) is 0 Å². The Balaban J connectivity index is 1.83. The van der Waals surface area contributed by atoms with E-state index in [0.717, 1.165) is 50.1 Å². The highest BCUT2D eigenvalue weighted by molar-refractivity contribution is 7.98. The summed E-state index contributed by atoms with van der Waals surface area (Å²) in [4.78, 5) is 11.6. The van der Waals surface area contributed by atoms with Crippen molar-refractivity contribution in [2.24, 2.45) is 4.99 Å². The molecule has 1 aliphatic heterocycles. The zero-order chi connectivity index (χ0) is 18.6. The van der Waals surface area contributed by atoms with Crippen LogP contribution in [-0.4, -0.2) is 61.8 Å². The first-order valence-electron chi connectivity index (χ1n) is 9.55. The maximum Gasteiger partial charge on any atom is 0.191 e. The molecule has 0 aromatic carbocycles. The first-order chi connectivity index (χ1) is 12.7. The number of unbranched alkanes of at least 4 members (excludes halogenated alkanes) is 1. The molecule has 2 heterocycles. The number of aliphatic imine (C=N–C) groups is 1. The summed E-state index contributed by atoms with van der Waals surface area (Å²) < 4.78 is 5.59. The van der Waals surface area contributed by atoms with Crippen LogP contribution in [0.1, 0.15) is 32.3 Å². The summed E-state index contributed by atoms with van der Waals surface area (Å²) in [5, 5.41) is 6.71. The minimum Gasteiger partial charge on any atom is -0.375 e. The van der Waals surface area contributed by atoms with Gasteiger partial charge in [0.15, 0.2) is 5.96 Å². The third-order valence-electron chi connectivity index (χ3n) is 4.21. The van der Waals surface area contributed by atoms with Crippen LogP contribution in [0.25, 0.3) is 0 Å². The fraction of sp³-hybridized carbons (Fsp3) is 0.684. The molecule has 7 heteroatoms. The summed E-state index contributed by atoms with van der Waals surface area (Å²) in [5.74, 6) is 3.12. The molecule has 0 bridgehead atoms. The number of ether oxygens (including phenoxy) is 1. The van der Waals surface area contributed by atoms with E-state index in [0.29, 0.717) is 6.54 Å². The first kappa shape index (κ1) is 20.8. The topological polar surface area (TPSA) is 61.8 Å². The van der Waals surface area contributed by atoms with Gasteiger partial charge >= 0.3 is 0 Å². The van der Waals surface area contributed by atoms with Crippen molar-refractivity contribution in [1.82, 2.24) is 15.6 Å². The molecule has 1 aromatic rings.